The Kier molecular flexibility index (Phi) is 4.35. The lowest BCUT2D eigenvalue weighted by Crippen LogP contribution is -2.08. The van der Waals surface area contributed by atoms with Crippen LogP contribution in [0.5, 0.6) is 5.75 Å². The molecule has 2 N–H and O–H groups in total. The molecule has 2 aromatic rings. The number of carbonyl (C=O) groups excluding carboxylic acids is 1. The van der Waals surface area contributed by atoms with E-state index in [4.69, 9.17) is 9.84 Å². The summed E-state index contributed by atoms with van der Waals surface area (Å²) in [5.41, 5.74) is 1.87. The zero-order valence-electron chi connectivity index (χ0n) is 11.4. The van der Waals surface area contributed by atoms with E-state index in [0.29, 0.717) is 11.1 Å². The summed E-state index contributed by atoms with van der Waals surface area (Å²) in [6.07, 6.45) is 0. The number of carboxylic acid groups (broad SMARTS) is 1. The van der Waals surface area contributed by atoms with Crippen molar-refractivity contribution in [1.82, 2.24) is 0 Å². The Morgan fingerprint density at radius 2 is 1.76 bits per heavy atom. The van der Waals surface area contributed by atoms with Gasteiger partial charge in [0.1, 0.15) is 5.56 Å². The Bertz CT molecular complexity index is 674. The Labute approximate surface area is 121 Å². The Morgan fingerprint density at radius 1 is 1.10 bits per heavy atom. The number of aromatic carboxylic acids is 1. The molecule has 0 bridgehead atoms. The minimum absolute atomic E-state index is 0.0225. The molecule has 2 aromatic carbocycles. The molecule has 0 aliphatic heterocycles. The van der Waals surface area contributed by atoms with Crippen LogP contribution in [0.2, 0.25) is 0 Å². The van der Waals surface area contributed by atoms with E-state index >= 15 is 0 Å². The van der Waals surface area contributed by atoms with Crippen LogP contribution in [-0.2, 0) is 11.4 Å². The average Bonchev–Trinajstić information content (AvgIpc) is 2.47. The highest BCUT2D eigenvalue weighted by Gasteiger charge is 2.18. The fraction of sp³-hybridized carbons (Fsp3) is 0.125. The van der Waals surface area contributed by atoms with Crippen molar-refractivity contribution < 1.29 is 24.5 Å². The molecule has 0 atom stereocenters. The second-order valence-corrected chi connectivity index (χ2v) is 4.44. The van der Waals surface area contributed by atoms with E-state index in [1.807, 2.05) is 0 Å². The van der Waals surface area contributed by atoms with Crippen molar-refractivity contribution in [2.75, 3.05) is 0 Å². The first-order valence-electron chi connectivity index (χ1n) is 6.28. The number of hydrogen-bond donors (Lipinski definition) is 2. The molecule has 0 saturated heterocycles. The van der Waals surface area contributed by atoms with Gasteiger partial charge in [0.15, 0.2) is 5.75 Å². The molecule has 0 heterocycles. The van der Waals surface area contributed by atoms with Crippen molar-refractivity contribution in [3.63, 3.8) is 0 Å². The van der Waals surface area contributed by atoms with Crippen LogP contribution in [0, 0.1) is 0 Å². The van der Waals surface area contributed by atoms with Crippen LogP contribution in [0.1, 0.15) is 22.8 Å². The molecule has 0 aliphatic rings. The van der Waals surface area contributed by atoms with E-state index in [1.165, 1.54) is 13.0 Å². The zero-order chi connectivity index (χ0) is 15.4. The molecule has 0 radical (unpaired) electrons. The summed E-state index contributed by atoms with van der Waals surface area (Å²) in [6.45, 7) is 1.14. The van der Waals surface area contributed by atoms with Crippen molar-refractivity contribution in [1.29, 1.82) is 0 Å². The summed E-state index contributed by atoms with van der Waals surface area (Å²) < 4.78 is 5.08. The van der Waals surface area contributed by atoms with Gasteiger partial charge in [-0.05, 0) is 17.2 Å². The number of ether oxygens (including phenoxy) is 1. The minimum atomic E-state index is -1.17. The van der Waals surface area contributed by atoms with Gasteiger partial charge >= 0.3 is 11.9 Å². The van der Waals surface area contributed by atoms with Gasteiger partial charge in [0.2, 0.25) is 0 Å². The third kappa shape index (κ3) is 3.27. The molecule has 0 saturated carbocycles. The first-order valence-corrected chi connectivity index (χ1v) is 6.28. The molecule has 0 aliphatic carbocycles. The van der Waals surface area contributed by atoms with Gasteiger partial charge in [-0.2, -0.15) is 0 Å². The van der Waals surface area contributed by atoms with E-state index in [9.17, 15) is 14.7 Å². The molecule has 0 aromatic heterocycles. The third-order valence-corrected chi connectivity index (χ3v) is 2.94. The quantitative estimate of drug-likeness (QED) is 0.666. The van der Waals surface area contributed by atoms with Gasteiger partial charge in [-0.25, -0.2) is 4.79 Å². The molecule has 2 rings (SSSR count). The lowest BCUT2D eigenvalue weighted by Gasteiger charge is -2.12. The summed E-state index contributed by atoms with van der Waals surface area (Å²) >= 11 is 0. The first-order chi connectivity index (χ1) is 10.0. The van der Waals surface area contributed by atoms with Crippen molar-refractivity contribution >= 4 is 11.9 Å². The molecule has 5 heteroatoms. The van der Waals surface area contributed by atoms with Crippen molar-refractivity contribution in [2.45, 2.75) is 13.5 Å². The van der Waals surface area contributed by atoms with Crippen molar-refractivity contribution in [2.24, 2.45) is 0 Å². The summed E-state index contributed by atoms with van der Waals surface area (Å²) in [5.74, 6) is -1.73. The molecule has 0 unspecified atom stereocenters. The number of hydrogen-bond acceptors (Lipinski definition) is 4. The summed E-state index contributed by atoms with van der Waals surface area (Å²) in [5, 5.41) is 18.3. The van der Waals surface area contributed by atoms with Crippen LogP contribution in [0.3, 0.4) is 0 Å². The second-order valence-electron chi connectivity index (χ2n) is 4.44. The predicted octanol–water partition coefficient (Wildman–Crippen LogP) is 2.47. The SMILES string of the molecule is CC(=O)Oc1c(C(=O)O)cccc1-c1ccc(CO)cc1. The molecular formula is C16H14O5. The maximum atomic E-state index is 11.3. The van der Waals surface area contributed by atoms with Gasteiger partial charge in [0.25, 0.3) is 0 Å². The van der Waals surface area contributed by atoms with E-state index in [1.54, 1.807) is 36.4 Å². The fourth-order valence-electron chi connectivity index (χ4n) is 1.98. The van der Waals surface area contributed by atoms with Gasteiger partial charge < -0.3 is 14.9 Å². The monoisotopic (exact) mass is 286 g/mol. The number of carbonyl (C=O) groups is 2. The Morgan fingerprint density at radius 3 is 2.29 bits per heavy atom. The van der Waals surface area contributed by atoms with E-state index in [-0.39, 0.29) is 17.9 Å². The number of rotatable bonds is 4. The highest BCUT2D eigenvalue weighted by molar-refractivity contribution is 5.95. The van der Waals surface area contributed by atoms with Crippen LogP contribution < -0.4 is 4.74 Å². The first kappa shape index (κ1) is 14.7. The molecule has 5 nitrogen and oxygen atoms in total. The summed E-state index contributed by atoms with van der Waals surface area (Å²) in [6, 6.07) is 11.6. The molecular weight excluding hydrogens is 272 g/mol. The molecule has 0 fully saturated rings. The van der Waals surface area contributed by atoms with Gasteiger partial charge in [-0.3, -0.25) is 4.79 Å². The minimum Gasteiger partial charge on any atom is -0.478 e. The van der Waals surface area contributed by atoms with Gasteiger partial charge in [-0.15, -0.1) is 0 Å². The van der Waals surface area contributed by atoms with Gasteiger partial charge in [0.05, 0.1) is 6.61 Å². The normalized spacial score (nSPS) is 10.2. The molecule has 21 heavy (non-hydrogen) atoms. The number of para-hydroxylation sites is 1. The zero-order valence-corrected chi connectivity index (χ0v) is 11.4. The molecule has 108 valence electrons. The van der Waals surface area contributed by atoms with Crippen LogP contribution >= 0.6 is 0 Å². The predicted molar refractivity (Wildman–Crippen MR) is 76.1 cm³/mol. The summed E-state index contributed by atoms with van der Waals surface area (Å²) in [4.78, 5) is 22.5. The Balaban J connectivity index is 2.57. The third-order valence-electron chi connectivity index (χ3n) is 2.94. The van der Waals surface area contributed by atoms with Gasteiger partial charge in [-0.1, -0.05) is 36.4 Å². The average molecular weight is 286 g/mol. The summed E-state index contributed by atoms with van der Waals surface area (Å²) in [7, 11) is 0. The standard InChI is InChI=1S/C16H14O5/c1-10(18)21-15-13(3-2-4-14(15)16(19)20)12-7-5-11(9-17)6-8-12/h2-8,17H,9H2,1H3,(H,19,20). The smallest absolute Gasteiger partial charge is 0.339 e. The number of esters is 1. The number of carboxylic acids is 1. The number of aliphatic hydroxyl groups excluding tert-OH is 1. The second kappa shape index (κ2) is 6.19. The molecule has 0 amide bonds. The maximum Gasteiger partial charge on any atom is 0.339 e. The van der Waals surface area contributed by atoms with E-state index in [0.717, 1.165) is 5.56 Å². The lowest BCUT2D eigenvalue weighted by atomic mass is 10.00. The number of benzene rings is 2. The highest BCUT2D eigenvalue weighted by atomic mass is 16.5. The van der Waals surface area contributed by atoms with Crippen LogP contribution in [0.25, 0.3) is 11.1 Å². The van der Waals surface area contributed by atoms with Gasteiger partial charge in [0, 0.05) is 12.5 Å². The van der Waals surface area contributed by atoms with Crippen molar-refractivity contribution in [3.8, 4) is 16.9 Å². The van der Waals surface area contributed by atoms with Crippen molar-refractivity contribution in [3.05, 3.63) is 53.6 Å². The van der Waals surface area contributed by atoms with Crippen LogP contribution in [0.4, 0.5) is 0 Å². The topological polar surface area (TPSA) is 83.8 Å². The molecule has 0 spiro atoms. The largest absolute Gasteiger partial charge is 0.478 e. The van der Waals surface area contributed by atoms with Crippen LogP contribution in [0.15, 0.2) is 42.5 Å². The van der Waals surface area contributed by atoms with E-state index < -0.39 is 11.9 Å². The lowest BCUT2D eigenvalue weighted by molar-refractivity contribution is -0.131. The highest BCUT2D eigenvalue weighted by Crippen LogP contribution is 2.33. The fourth-order valence-corrected chi connectivity index (χ4v) is 1.98. The number of aliphatic hydroxyl groups is 1. The van der Waals surface area contributed by atoms with E-state index in [2.05, 4.69) is 0 Å². The Hall–Kier alpha value is -2.66. The maximum absolute atomic E-state index is 11.3. The van der Waals surface area contributed by atoms with Crippen LogP contribution in [-0.4, -0.2) is 22.2 Å².